The molecule has 0 aromatic heterocycles. The van der Waals surface area contributed by atoms with Crippen LogP contribution in [0.2, 0.25) is 0 Å². The van der Waals surface area contributed by atoms with Gasteiger partial charge in [0.05, 0.1) is 5.75 Å². The summed E-state index contributed by atoms with van der Waals surface area (Å²) < 4.78 is 207. The maximum atomic E-state index is 14.1. The Balaban J connectivity index is 6.06. The topological polar surface area (TPSA) is 49.4 Å². The minimum absolute atomic E-state index is 0.0700. The van der Waals surface area contributed by atoms with Gasteiger partial charge in [-0.1, -0.05) is 12.2 Å². The number of nitrogens with one attached hydrogen (secondary N) is 1. The van der Waals surface area contributed by atoms with Crippen LogP contribution in [-0.2, 0) is 10.0 Å². The van der Waals surface area contributed by atoms with Gasteiger partial charge in [-0.15, -0.1) is 0 Å². The summed E-state index contributed by atoms with van der Waals surface area (Å²) in [5.41, 5.74) is -13.2. The van der Waals surface area contributed by atoms with Crippen molar-refractivity contribution >= 4 is 10.0 Å². The molecule has 0 aromatic carbocycles. The van der Waals surface area contributed by atoms with Crippen LogP contribution in [-0.4, -0.2) is 82.3 Å². The van der Waals surface area contributed by atoms with Gasteiger partial charge in [-0.3, -0.25) is 0 Å². The Morgan fingerprint density at radius 2 is 1.26 bits per heavy atom. The molecule has 0 rings (SSSR count). The quantitative estimate of drug-likeness (QED) is 0.154. The third kappa shape index (κ3) is 10.2. The first kappa shape index (κ1) is 36.4. The molecule has 226 valence electrons. The summed E-state index contributed by atoms with van der Waals surface area (Å²) in [6.07, 6.45) is -32.0. The van der Waals surface area contributed by atoms with E-state index in [2.05, 4.69) is 0 Å². The number of rotatable bonds is 13. The summed E-state index contributed by atoms with van der Waals surface area (Å²) in [7, 11) is -1.10. The van der Waals surface area contributed by atoms with Crippen molar-refractivity contribution in [2.45, 2.75) is 61.7 Å². The second kappa shape index (κ2) is 12.7. The van der Waals surface area contributed by atoms with E-state index in [0.717, 1.165) is 0 Å². The molecule has 0 aliphatic rings. The molecule has 38 heavy (non-hydrogen) atoms. The zero-order valence-electron chi connectivity index (χ0n) is 19.6. The second-order valence-corrected chi connectivity index (χ2v) is 10.2. The molecule has 0 radical (unpaired) electrons. The lowest BCUT2D eigenvalue weighted by Crippen LogP contribution is -2.53. The molecule has 1 N–H and O–H groups in total. The van der Waals surface area contributed by atoms with E-state index in [9.17, 15) is 69.9 Å². The van der Waals surface area contributed by atoms with Crippen LogP contribution in [0.4, 0.5) is 61.5 Å². The Kier molecular flexibility index (Phi) is 12.2. The van der Waals surface area contributed by atoms with Crippen molar-refractivity contribution in [2.24, 2.45) is 0 Å². The molecule has 0 spiro atoms. The fourth-order valence-corrected chi connectivity index (χ4v) is 3.80. The van der Waals surface area contributed by atoms with Crippen molar-refractivity contribution in [3.8, 4) is 0 Å². The Hall–Kier alpha value is -1.63. The molecule has 0 amide bonds. The molecule has 19 heteroatoms. The van der Waals surface area contributed by atoms with Gasteiger partial charge in [0.1, 0.15) is 0 Å². The van der Waals surface area contributed by atoms with Crippen LogP contribution >= 0.6 is 0 Å². The number of allylic oxidation sites excluding steroid dienone is 4. The summed E-state index contributed by atoms with van der Waals surface area (Å²) >= 11 is 0. The zero-order chi connectivity index (χ0) is 30.4. The van der Waals surface area contributed by atoms with Crippen LogP contribution in [0.5, 0.6) is 0 Å². The van der Waals surface area contributed by atoms with Gasteiger partial charge in [0.15, 0.2) is 0 Å². The number of hydrogen-bond donors (Lipinski definition) is 1. The highest BCUT2D eigenvalue weighted by Gasteiger charge is 2.72. The summed E-state index contributed by atoms with van der Waals surface area (Å²) in [4.78, 5) is 1.65. The number of sulfonamides is 1. The Morgan fingerprint density at radius 3 is 1.66 bits per heavy atom. The van der Waals surface area contributed by atoms with Gasteiger partial charge >= 0.3 is 30.4 Å². The average molecular weight is 610 g/mol. The van der Waals surface area contributed by atoms with Crippen molar-refractivity contribution < 1.29 is 69.9 Å². The molecule has 0 heterocycles. The second-order valence-electron chi connectivity index (χ2n) is 8.28. The summed E-state index contributed by atoms with van der Waals surface area (Å²) in [5, 5.41) is 0. The number of hydrogen-bond acceptors (Lipinski definition) is 3. The van der Waals surface area contributed by atoms with Gasteiger partial charge in [0.25, 0.3) is 5.67 Å². The van der Waals surface area contributed by atoms with Crippen LogP contribution < -0.4 is 4.72 Å². The fourth-order valence-electron chi connectivity index (χ4n) is 2.69. The lowest BCUT2D eigenvalue weighted by molar-refractivity contribution is -0.343. The molecule has 0 saturated carbocycles. The molecule has 0 bridgehead atoms. The normalized spacial score (nSPS) is 15.7. The maximum absolute atomic E-state index is 14.1. The predicted molar refractivity (Wildman–Crippen MR) is 108 cm³/mol. The van der Waals surface area contributed by atoms with Crippen LogP contribution in [0.25, 0.3) is 0 Å². The van der Waals surface area contributed by atoms with Crippen molar-refractivity contribution in [2.75, 3.05) is 32.9 Å². The van der Waals surface area contributed by atoms with E-state index in [0.29, 0.717) is 6.54 Å². The SMILES string of the molecule is CN(C)CCCNS(=O)(=O)CCC(/C=C/CCC(F)(C(F)(F)F)C(F)(F)F)=C\C(F)(C(F)(F)F)C(F)(F)F. The van der Waals surface area contributed by atoms with E-state index in [1.54, 1.807) is 19.0 Å². The third-order valence-corrected chi connectivity index (χ3v) is 6.24. The van der Waals surface area contributed by atoms with Crippen LogP contribution in [0.15, 0.2) is 23.8 Å². The molecule has 0 aromatic rings. The van der Waals surface area contributed by atoms with Gasteiger partial charge in [-0.05, 0) is 51.6 Å². The van der Waals surface area contributed by atoms with Gasteiger partial charge in [-0.25, -0.2) is 21.9 Å². The highest BCUT2D eigenvalue weighted by Crippen LogP contribution is 2.49. The van der Waals surface area contributed by atoms with E-state index < -0.39 is 82.7 Å². The van der Waals surface area contributed by atoms with Crippen molar-refractivity contribution in [1.82, 2.24) is 9.62 Å². The van der Waals surface area contributed by atoms with Crippen molar-refractivity contribution in [1.29, 1.82) is 0 Å². The Bertz CT molecular complexity index is 888. The standard InChI is InChI=1S/C19H24F14N2O2S/c1-35(2)10-5-9-34-38(36,37)11-7-13(12-15(21,18(28,29)30)19(31,32)33)6-3-4-8-14(20,16(22,23)24)17(25,26)27/h3,6,12,34H,4-5,7-11H2,1-2H3/b6-3+,13-12-. The molecule has 0 unspecified atom stereocenters. The minimum atomic E-state index is -6.63. The highest BCUT2D eigenvalue weighted by molar-refractivity contribution is 7.89. The van der Waals surface area contributed by atoms with E-state index in [1.807, 2.05) is 4.72 Å². The van der Waals surface area contributed by atoms with Gasteiger partial charge < -0.3 is 4.90 Å². The van der Waals surface area contributed by atoms with Gasteiger partial charge in [-0.2, -0.15) is 52.7 Å². The summed E-state index contributed by atoms with van der Waals surface area (Å²) in [5.74, 6) is -1.23. The smallest absolute Gasteiger partial charge is 0.309 e. The van der Waals surface area contributed by atoms with E-state index in [-0.39, 0.29) is 25.1 Å². The Morgan fingerprint density at radius 1 is 0.789 bits per heavy atom. The lowest BCUT2D eigenvalue weighted by Gasteiger charge is -2.29. The van der Waals surface area contributed by atoms with E-state index in [4.69, 9.17) is 0 Å². The number of nitrogens with zero attached hydrogens (tertiary/aromatic N) is 1. The largest absolute Gasteiger partial charge is 0.435 e. The van der Waals surface area contributed by atoms with Gasteiger partial charge in [0.2, 0.25) is 10.0 Å². The molecule has 0 atom stereocenters. The first-order valence-corrected chi connectivity index (χ1v) is 12.0. The van der Waals surface area contributed by atoms with Crippen LogP contribution in [0.3, 0.4) is 0 Å². The highest BCUT2D eigenvalue weighted by atomic mass is 32.2. The van der Waals surface area contributed by atoms with Gasteiger partial charge in [0, 0.05) is 13.0 Å². The fraction of sp³-hybridized carbons (Fsp3) is 0.789. The maximum Gasteiger partial charge on any atom is 0.435 e. The molecule has 0 aliphatic heterocycles. The molecule has 4 nitrogen and oxygen atoms in total. The van der Waals surface area contributed by atoms with Crippen LogP contribution in [0, 0.1) is 0 Å². The molecular weight excluding hydrogens is 586 g/mol. The average Bonchev–Trinajstić information content (AvgIpc) is 2.68. The Labute approximate surface area is 208 Å². The zero-order valence-corrected chi connectivity index (χ0v) is 20.5. The molecule has 0 saturated heterocycles. The van der Waals surface area contributed by atoms with Crippen molar-refractivity contribution in [3.63, 3.8) is 0 Å². The van der Waals surface area contributed by atoms with E-state index >= 15 is 0 Å². The summed E-state index contributed by atoms with van der Waals surface area (Å²) in [6.45, 7) is 0.172. The number of halogens is 14. The van der Waals surface area contributed by atoms with Crippen LogP contribution in [0.1, 0.15) is 25.7 Å². The lowest BCUT2D eigenvalue weighted by atomic mass is 9.96. The molecule has 0 aliphatic carbocycles. The molecular formula is C19H24F14N2O2S. The van der Waals surface area contributed by atoms with E-state index in [1.165, 1.54) is 0 Å². The minimum Gasteiger partial charge on any atom is -0.309 e. The third-order valence-electron chi connectivity index (χ3n) is 4.86. The predicted octanol–water partition coefficient (Wildman–Crippen LogP) is 6.18. The molecule has 0 fully saturated rings. The summed E-state index contributed by atoms with van der Waals surface area (Å²) in [6, 6.07) is 0. The first-order valence-electron chi connectivity index (χ1n) is 10.4. The monoisotopic (exact) mass is 610 g/mol. The first-order chi connectivity index (χ1) is 16.7. The van der Waals surface area contributed by atoms with Crippen molar-refractivity contribution in [3.05, 3.63) is 23.8 Å². The number of alkyl halides is 14.